The third-order valence-electron chi connectivity index (χ3n) is 8.17. The van der Waals surface area contributed by atoms with Crippen molar-refractivity contribution < 1.29 is 44.1 Å². The SMILES string of the molecule is CCCCNC(=O)CNC(=O)c1ccc2c(c1)CN(C(=O)CN1CCN(CC(=O)O)CCN(CC(=O)O)CCN(CC(=O)O)CC1)C2. The maximum absolute atomic E-state index is 13.5. The second-order valence-electron chi connectivity index (χ2n) is 11.9. The summed E-state index contributed by atoms with van der Waals surface area (Å²) in [4.78, 5) is 81.3. The van der Waals surface area contributed by atoms with Gasteiger partial charge in [0.25, 0.3) is 5.91 Å². The van der Waals surface area contributed by atoms with Crippen molar-refractivity contribution in [2.24, 2.45) is 0 Å². The molecule has 2 aliphatic heterocycles. The monoisotopic (exact) mass is 661 g/mol. The first kappa shape index (κ1) is 37.3. The molecule has 0 atom stereocenters. The van der Waals surface area contributed by atoms with Crippen molar-refractivity contribution in [1.29, 1.82) is 0 Å². The van der Waals surface area contributed by atoms with Gasteiger partial charge in [-0.05, 0) is 29.7 Å². The molecule has 1 aromatic rings. The topological polar surface area (TPSA) is 203 Å². The minimum atomic E-state index is -1.03. The molecule has 0 saturated carbocycles. The molecule has 16 nitrogen and oxygen atoms in total. The van der Waals surface area contributed by atoms with Crippen LogP contribution in [0.1, 0.15) is 41.3 Å². The average Bonchev–Trinajstić information content (AvgIpc) is 3.44. The van der Waals surface area contributed by atoms with Crippen molar-refractivity contribution in [1.82, 2.24) is 35.1 Å². The molecule has 2 aliphatic rings. The van der Waals surface area contributed by atoms with Gasteiger partial charge in [0, 0.05) is 77.6 Å². The predicted molar refractivity (Wildman–Crippen MR) is 170 cm³/mol. The molecule has 1 fully saturated rings. The van der Waals surface area contributed by atoms with E-state index in [4.69, 9.17) is 0 Å². The highest BCUT2D eigenvalue weighted by atomic mass is 16.4. The Kier molecular flexibility index (Phi) is 15.0. The standard InChI is InChI=1S/C31H47N7O9/c1-2-3-6-32-26(39)16-33-31(47)23-4-5-24-17-38(18-25(24)15-23)27(40)19-34-7-9-35(20-28(41)42)11-13-37(22-30(45)46)14-12-36(10-8-34)21-29(43)44/h4-5,15H,2-3,6-14,16-22H2,1H3,(H,32,39)(H,33,47)(H,41,42)(H,43,44)(H,45,46). The molecular formula is C31H47N7O9. The first-order chi connectivity index (χ1) is 22.4. The van der Waals surface area contributed by atoms with Crippen molar-refractivity contribution in [2.45, 2.75) is 32.9 Å². The Morgan fingerprint density at radius 3 is 1.60 bits per heavy atom. The molecule has 1 saturated heterocycles. The largest absolute Gasteiger partial charge is 0.480 e. The van der Waals surface area contributed by atoms with Gasteiger partial charge in [-0.1, -0.05) is 19.4 Å². The molecule has 47 heavy (non-hydrogen) atoms. The lowest BCUT2D eigenvalue weighted by Gasteiger charge is -2.33. The third-order valence-corrected chi connectivity index (χ3v) is 8.17. The summed E-state index contributed by atoms with van der Waals surface area (Å²) in [6.07, 6.45) is 1.81. The number of fused-ring (bicyclic) bond motifs is 1. The smallest absolute Gasteiger partial charge is 0.317 e. The zero-order valence-corrected chi connectivity index (χ0v) is 27.0. The number of aliphatic carboxylic acids is 3. The Morgan fingerprint density at radius 1 is 0.660 bits per heavy atom. The van der Waals surface area contributed by atoms with Crippen LogP contribution in [0.2, 0.25) is 0 Å². The fourth-order valence-corrected chi connectivity index (χ4v) is 5.52. The summed E-state index contributed by atoms with van der Waals surface area (Å²) in [5.74, 6) is -3.87. The van der Waals surface area contributed by atoms with Crippen LogP contribution < -0.4 is 10.6 Å². The van der Waals surface area contributed by atoms with Crippen LogP contribution >= 0.6 is 0 Å². The van der Waals surface area contributed by atoms with E-state index in [9.17, 15) is 44.1 Å². The van der Waals surface area contributed by atoms with E-state index in [1.807, 2.05) is 11.8 Å². The number of benzene rings is 1. The molecule has 0 spiro atoms. The van der Waals surface area contributed by atoms with Gasteiger partial charge in [-0.3, -0.25) is 48.4 Å². The molecule has 3 amide bonds. The number of nitrogens with zero attached hydrogens (tertiary/aromatic N) is 5. The summed E-state index contributed by atoms with van der Waals surface area (Å²) in [7, 11) is 0. The molecule has 0 aliphatic carbocycles. The first-order valence-corrected chi connectivity index (χ1v) is 15.9. The molecule has 260 valence electrons. The van der Waals surface area contributed by atoms with E-state index in [0.717, 1.165) is 24.0 Å². The van der Waals surface area contributed by atoms with E-state index in [1.165, 1.54) is 0 Å². The summed E-state index contributed by atoms with van der Waals surface area (Å²) < 4.78 is 0. The zero-order valence-electron chi connectivity index (χ0n) is 27.0. The Morgan fingerprint density at radius 2 is 1.13 bits per heavy atom. The molecular weight excluding hydrogens is 614 g/mol. The molecule has 0 radical (unpaired) electrons. The van der Waals surface area contributed by atoms with E-state index in [1.54, 1.807) is 37.8 Å². The van der Waals surface area contributed by atoms with E-state index in [0.29, 0.717) is 64.5 Å². The van der Waals surface area contributed by atoms with Crippen LogP contribution in [0, 0.1) is 0 Å². The molecule has 16 heteroatoms. The second-order valence-corrected chi connectivity index (χ2v) is 11.9. The Bertz CT molecular complexity index is 1250. The van der Waals surface area contributed by atoms with Crippen LogP contribution in [0.25, 0.3) is 0 Å². The molecule has 0 aromatic heterocycles. The highest BCUT2D eigenvalue weighted by Gasteiger charge is 2.27. The van der Waals surface area contributed by atoms with Gasteiger partial charge < -0.3 is 30.9 Å². The Labute approximate surface area is 274 Å². The molecule has 1 aromatic carbocycles. The molecule has 5 N–H and O–H groups in total. The van der Waals surface area contributed by atoms with Gasteiger partial charge in [0.05, 0.1) is 32.7 Å². The summed E-state index contributed by atoms with van der Waals surface area (Å²) in [6.45, 7) is 4.89. The van der Waals surface area contributed by atoms with Gasteiger partial charge >= 0.3 is 17.9 Å². The summed E-state index contributed by atoms with van der Waals surface area (Å²) >= 11 is 0. The van der Waals surface area contributed by atoms with Gasteiger partial charge in [-0.2, -0.15) is 0 Å². The van der Waals surface area contributed by atoms with Crippen LogP contribution in [0.4, 0.5) is 0 Å². The van der Waals surface area contributed by atoms with Crippen molar-refractivity contribution in [2.75, 3.05) is 91.6 Å². The lowest BCUT2D eigenvalue weighted by Crippen LogP contribution is -2.49. The maximum atomic E-state index is 13.5. The number of hydrogen-bond donors (Lipinski definition) is 5. The number of carboxylic acid groups (broad SMARTS) is 3. The number of unbranched alkanes of at least 4 members (excludes halogenated alkanes) is 1. The highest BCUT2D eigenvalue weighted by Crippen LogP contribution is 2.24. The lowest BCUT2D eigenvalue weighted by molar-refractivity contribution is -0.140. The van der Waals surface area contributed by atoms with Crippen LogP contribution in [-0.4, -0.2) is 167 Å². The van der Waals surface area contributed by atoms with Crippen LogP contribution in [0.15, 0.2) is 18.2 Å². The van der Waals surface area contributed by atoms with Crippen LogP contribution in [0.3, 0.4) is 0 Å². The quantitative estimate of drug-likeness (QED) is 0.147. The Balaban J connectivity index is 1.63. The van der Waals surface area contributed by atoms with Crippen LogP contribution in [0.5, 0.6) is 0 Å². The molecule has 2 heterocycles. The van der Waals surface area contributed by atoms with E-state index in [-0.39, 0.29) is 63.5 Å². The van der Waals surface area contributed by atoms with Crippen molar-refractivity contribution >= 4 is 35.6 Å². The van der Waals surface area contributed by atoms with E-state index in [2.05, 4.69) is 10.6 Å². The number of amides is 3. The first-order valence-electron chi connectivity index (χ1n) is 15.9. The van der Waals surface area contributed by atoms with Crippen molar-refractivity contribution in [3.8, 4) is 0 Å². The number of nitrogens with one attached hydrogen (secondary N) is 2. The van der Waals surface area contributed by atoms with E-state index >= 15 is 0 Å². The second kappa shape index (κ2) is 18.9. The van der Waals surface area contributed by atoms with Gasteiger partial charge in [0.15, 0.2) is 0 Å². The summed E-state index contributed by atoms with van der Waals surface area (Å²) in [5, 5.41) is 33.6. The summed E-state index contributed by atoms with van der Waals surface area (Å²) in [6, 6.07) is 5.19. The number of carboxylic acids is 3. The van der Waals surface area contributed by atoms with Crippen LogP contribution in [-0.2, 0) is 37.1 Å². The molecule has 0 bridgehead atoms. The minimum Gasteiger partial charge on any atom is -0.480 e. The molecule has 3 rings (SSSR count). The molecule has 0 unspecified atom stereocenters. The number of carbonyl (C=O) groups is 6. The number of hydrogen-bond acceptors (Lipinski definition) is 10. The number of rotatable bonds is 14. The highest BCUT2D eigenvalue weighted by molar-refractivity contribution is 5.96. The van der Waals surface area contributed by atoms with Gasteiger partial charge in [-0.25, -0.2) is 0 Å². The van der Waals surface area contributed by atoms with Gasteiger partial charge in [0.2, 0.25) is 11.8 Å². The van der Waals surface area contributed by atoms with Crippen molar-refractivity contribution in [3.05, 3.63) is 34.9 Å². The van der Waals surface area contributed by atoms with E-state index < -0.39 is 17.9 Å². The normalized spacial score (nSPS) is 17.3. The maximum Gasteiger partial charge on any atom is 0.317 e. The Hall–Kier alpha value is -4.12. The van der Waals surface area contributed by atoms with Gasteiger partial charge in [-0.15, -0.1) is 0 Å². The minimum absolute atomic E-state index is 0.0292. The number of carbonyl (C=O) groups excluding carboxylic acids is 3. The predicted octanol–water partition coefficient (Wildman–Crippen LogP) is -1.35. The van der Waals surface area contributed by atoms with Gasteiger partial charge in [0.1, 0.15) is 0 Å². The fraction of sp³-hybridized carbons (Fsp3) is 0.613. The fourth-order valence-electron chi connectivity index (χ4n) is 5.52. The summed E-state index contributed by atoms with van der Waals surface area (Å²) in [5.41, 5.74) is 2.13. The average molecular weight is 662 g/mol. The van der Waals surface area contributed by atoms with Crippen molar-refractivity contribution in [3.63, 3.8) is 0 Å². The lowest BCUT2D eigenvalue weighted by atomic mass is 10.1. The third kappa shape index (κ3) is 13.3. The zero-order chi connectivity index (χ0) is 34.3.